The van der Waals surface area contributed by atoms with Gasteiger partial charge in [-0.2, -0.15) is 0 Å². The summed E-state index contributed by atoms with van der Waals surface area (Å²) in [6, 6.07) is 0. The Hall–Kier alpha value is -3.15. The van der Waals surface area contributed by atoms with Gasteiger partial charge < -0.3 is 15.3 Å². The molecule has 0 aliphatic carbocycles. The summed E-state index contributed by atoms with van der Waals surface area (Å²) in [4.78, 5) is 31.0. The third-order valence-electron chi connectivity index (χ3n) is 10.0. The lowest BCUT2D eigenvalue weighted by molar-refractivity contribution is -0.138. The average molecular weight is 841 g/mol. The Bertz CT molecular complexity index is 933. The molecule has 0 spiro atoms. The van der Waals surface area contributed by atoms with Crippen molar-refractivity contribution in [2.45, 2.75) is 252 Å². The fourth-order valence-electron chi connectivity index (χ4n) is 6.26. The fraction of sp³-hybridized carbons (Fsp3) is 0.722. The molecule has 0 amide bonds. The maximum Gasteiger partial charge on any atom is 0.303 e. The minimum absolute atomic E-state index is 0.324. The zero-order chi connectivity index (χ0) is 44.7. The van der Waals surface area contributed by atoms with Gasteiger partial charge in [-0.05, 0) is 116 Å². The molecule has 0 heterocycles. The first kappa shape index (κ1) is 61.2. The van der Waals surface area contributed by atoms with Crippen LogP contribution >= 0.6 is 0 Å². The second-order valence-electron chi connectivity index (χ2n) is 16.1. The van der Waals surface area contributed by atoms with Gasteiger partial charge in [0.1, 0.15) is 0 Å². The van der Waals surface area contributed by atoms with Crippen LogP contribution < -0.4 is 0 Å². The zero-order valence-electron chi connectivity index (χ0n) is 39.5. The summed E-state index contributed by atoms with van der Waals surface area (Å²) in [5, 5.41) is 25.5. The molecule has 0 bridgehead atoms. The minimum atomic E-state index is -0.671. The Labute approximate surface area is 371 Å². The molecule has 0 saturated carbocycles. The summed E-state index contributed by atoms with van der Waals surface area (Å²) in [5.41, 5.74) is 0. The van der Waals surface area contributed by atoms with Crippen LogP contribution in [0.4, 0.5) is 0 Å². The molecule has 3 N–H and O–H groups in total. The average Bonchev–Trinajstić information content (AvgIpc) is 3.22. The van der Waals surface area contributed by atoms with Crippen molar-refractivity contribution in [1.29, 1.82) is 0 Å². The summed E-state index contributed by atoms with van der Waals surface area (Å²) in [6.45, 7) is 6.70. The number of rotatable bonds is 42. The zero-order valence-corrected chi connectivity index (χ0v) is 39.5. The van der Waals surface area contributed by atoms with Crippen molar-refractivity contribution in [3.63, 3.8) is 0 Å². The summed E-state index contributed by atoms with van der Waals surface area (Å²) in [7, 11) is 0. The standard InChI is InChI=1S/3C18H32O2/c3*1-2-3-4-5-6-7-8-9-10-11-12-13-14-15-16-17-18(19)20/h3*6-7,9-10H,2-5,8,11-17H2,1H3,(H,19,20)/b3*7-6-,10-9-. The van der Waals surface area contributed by atoms with Crippen molar-refractivity contribution in [2.24, 2.45) is 0 Å². The van der Waals surface area contributed by atoms with Crippen molar-refractivity contribution in [1.82, 2.24) is 0 Å². The van der Waals surface area contributed by atoms with Gasteiger partial charge in [0.15, 0.2) is 0 Å². The molecule has 0 aromatic rings. The van der Waals surface area contributed by atoms with Gasteiger partial charge in [-0.3, -0.25) is 14.4 Å². The van der Waals surface area contributed by atoms with E-state index in [4.69, 9.17) is 15.3 Å². The smallest absolute Gasteiger partial charge is 0.303 e. The SMILES string of the molecule is CCCCC/C=C\C/C=C\CCCCCCCC(=O)O.CCCCC/C=C\C/C=C\CCCCCCCC(=O)O.CCCCC/C=C\C/C=C\CCCCCCCC(=O)O. The molecule has 0 aliphatic rings. The predicted octanol–water partition coefficient (Wildman–Crippen LogP) is 17.7. The third kappa shape index (κ3) is 69.5. The normalized spacial score (nSPS) is 11.7. The molecule has 60 heavy (non-hydrogen) atoms. The van der Waals surface area contributed by atoms with Crippen LogP contribution in [0.2, 0.25) is 0 Å². The van der Waals surface area contributed by atoms with Gasteiger partial charge in [0.05, 0.1) is 0 Å². The Morgan fingerprint density at radius 1 is 0.267 bits per heavy atom. The number of hydrogen-bond acceptors (Lipinski definition) is 3. The van der Waals surface area contributed by atoms with Crippen molar-refractivity contribution < 1.29 is 29.7 Å². The van der Waals surface area contributed by atoms with Crippen LogP contribution in [-0.2, 0) is 14.4 Å². The van der Waals surface area contributed by atoms with Crippen LogP contribution in [0.25, 0.3) is 0 Å². The van der Waals surface area contributed by atoms with E-state index >= 15 is 0 Å². The second-order valence-corrected chi connectivity index (χ2v) is 16.1. The van der Waals surface area contributed by atoms with E-state index in [-0.39, 0.29) is 0 Å². The van der Waals surface area contributed by atoms with Crippen LogP contribution in [0.1, 0.15) is 252 Å². The largest absolute Gasteiger partial charge is 0.481 e. The van der Waals surface area contributed by atoms with E-state index in [0.717, 1.165) is 77.0 Å². The van der Waals surface area contributed by atoms with Gasteiger partial charge in [-0.25, -0.2) is 0 Å². The van der Waals surface area contributed by atoms with Crippen molar-refractivity contribution >= 4 is 17.9 Å². The lowest BCUT2D eigenvalue weighted by Gasteiger charge is -1.98. The summed E-state index contributed by atoms with van der Waals surface area (Å²) < 4.78 is 0. The van der Waals surface area contributed by atoms with Gasteiger partial charge in [0, 0.05) is 19.3 Å². The van der Waals surface area contributed by atoms with Crippen molar-refractivity contribution in [3.8, 4) is 0 Å². The molecule has 0 rings (SSSR count). The lowest BCUT2D eigenvalue weighted by Crippen LogP contribution is -1.93. The summed E-state index contributed by atoms with van der Waals surface area (Å²) in [5.74, 6) is -2.01. The second kappa shape index (κ2) is 57.9. The van der Waals surface area contributed by atoms with E-state index in [0.29, 0.717) is 19.3 Å². The maximum atomic E-state index is 10.3. The fourth-order valence-corrected chi connectivity index (χ4v) is 6.26. The van der Waals surface area contributed by atoms with E-state index < -0.39 is 17.9 Å². The molecule has 6 heteroatoms. The van der Waals surface area contributed by atoms with E-state index in [9.17, 15) is 14.4 Å². The van der Waals surface area contributed by atoms with Crippen LogP contribution in [0.15, 0.2) is 72.9 Å². The van der Waals surface area contributed by atoms with Crippen molar-refractivity contribution in [3.05, 3.63) is 72.9 Å². The lowest BCUT2D eigenvalue weighted by atomic mass is 10.1. The number of carbonyl (C=O) groups is 3. The van der Waals surface area contributed by atoms with Gasteiger partial charge in [-0.15, -0.1) is 0 Å². The highest BCUT2D eigenvalue weighted by Crippen LogP contribution is 2.11. The molecular formula is C54H96O6. The molecule has 0 fully saturated rings. The van der Waals surface area contributed by atoms with E-state index in [1.807, 2.05) is 0 Å². The van der Waals surface area contributed by atoms with E-state index in [1.54, 1.807) is 0 Å². The first-order chi connectivity index (χ1) is 29.3. The van der Waals surface area contributed by atoms with E-state index in [1.165, 1.54) is 135 Å². The Balaban J connectivity index is -0.000000812. The van der Waals surface area contributed by atoms with Gasteiger partial charge in [0.2, 0.25) is 0 Å². The van der Waals surface area contributed by atoms with Crippen molar-refractivity contribution in [2.75, 3.05) is 0 Å². The van der Waals surface area contributed by atoms with Crippen LogP contribution in [-0.4, -0.2) is 33.2 Å². The topological polar surface area (TPSA) is 112 Å². The number of hydrogen-bond donors (Lipinski definition) is 3. The molecule has 348 valence electrons. The number of carboxylic acids is 3. The number of carboxylic acid groups (broad SMARTS) is 3. The van der Waals surface area contributed by atoms with Gasteiger partial charge in [0.25, 0.3) is 0 Å². The maximum absolute atomic E-state index is 10.3. The highest BCUT2D eigenvalue weighted by Gasteiger charge is 1.98. The van der Waals surface area contributed by atoms with Gasteiger partial charge >= 0.3 is 17.9 Å². The molecule has 0 aromatic heterocycles. The highest BCUT2D eigenvalue weighted by molar-refractivity contribution is 5.67. The summed E-state index contributed by atoms with van der Waals surface area (Å²) >= 11 is 0. The molecule has 0 aromatic carbocycles. The minimum Gasteiger partial charge on any atom is -0.481 e. The van der Waals surface area contributed by atoms with Crippen LogP contribution in [0.3, 0.4) is 0 Å². The molecule has 0 radical (unpaired) electrons. The van der Waals surface area contributed by atoms with E-state index in [2.05, 4.69) is 93.7 Å². The number of allylic oxidation sites excluding steroid dienone is 12. The highest BCUT2D eigenvalue weighted by atomic mass is 16.4. The predicted molar refractivity (Wildman–Crippen MR) is 261 cm³/mol. The van der Waals surface area contributed by atoms with Crippen LogP contribution in [0, 0.1) is 0 Å². The first-order valence-corrected chi connectivity index (χ1v) is 24.9. The quantitative estimate of drug-likeness (QED) is 0.0417. The molecule has 6 nitrogen and oxygen atoms in total. The monoisotopic (exact) mass is 841 g/mol. The summed E-state index contributed by atoms with van der Waals surface area (Å²) in [6.07, 6.45) is 66.8. The Kier molecular flexibility index (Phi) is 59.1. The Morgan fingerprint density at radius 3 is 0.650 bits per heavy atom. The first-order valence-electron chi connectivity index (χ1n) is 24.9. The molecule has 0 saturated heterocycles. The third-order valence-corrected chi connectivity index (χ3v) is 10.0. The molecular weight excluding hydrogens is 745 g/mol. The van der Waals surface area contributed by atoms with Crippen LogP contribution in [0.5, 0.6) is 0 Å². The number of unbranched alkanes of at least 4 members (excludes halogenated alkanes) is 24. The number of aliphatic carboxylic acids is 3. The Morgan fingerprint density at radius 2 is 0.450 bits per heavy atom. The molecule has 0 unspecified atom stereocenters. The molecule has 0 aliphatic heterocycles. The van der Waals surface area contributed by atoms with Gasteiger partial charge in [-0.1, -0.05) is 190 Å². The molecule has 0 atom stereocenters.